The zero-order valence-electron chi connectivity index (χ0n) is 23.9. The maximum Gasteiger partial charge on any atom is 0.394 e. The van der Waals surface area contributed by atoms with Crippen molar-refractivity contribution >= 4 is 35.2 Å². The normalized spacial score (nSPS) is 16.6. The summed E-state index contributed by atoms with van der Waals surface area (Å²) in [7, 11) is 0. The second-order valence-electron chi connectivity index (χ2n) is 10.6. The van der Waals surface area contributed by atoms with Crippen LogP contribution in [0, 0.1) is 17.3 Å². The Morgan fingerprint density at radius 3 is 2.23 bits per heavy atom. The number of alkyl halides is 5. The Bertz CT molecular complexity index is 1270. The predicted octanol–water partition coefficient (Wildman–Crippen LogP) is 6.26. The molecule has 1 aromatic carbocycles. The summed E-state index contributed by atoms with van der Waals surface area (Å²) < 4.78 is 89.4. The molecule has 1 aliphatic carbocycles. The zero-order chi connectivity index (χ0) is 33.0. The molecule has 43 heavy (non-hydrogen) atoms. The molecule has 9 nitrogen and oxygen atoms in total. The van der Waals surface area contributed by atoms with Gasteiger partial charge in [0, 0.05) is 18.7 Å². The number of hydrogen-bond acceptors (Lipinski definition) is 7. The van der Waals surface area contributed by atoms with Crippen LogP contribution in [-0.2, 0) is 34.1 Å². The van der Waals surface area contributed by atoms with Gasteiger partial charge in [-0.2, -0.15) is 45.1 Å². The largest absolute Gasteiger partial charge is 0.434 e. The van der Waals surface area contributed by atoms with E-state index in [1.54, 1.807) is 6.92 Å². The van der Waals surface area contributed by atoms with Crippen LogP contribution in [0.5, 0.6) is 5.75 Å². The summed E-state index contributed by atoms with van der Waals surface area (Å²) in [6.07, 6.45) is -0.411. The van der Waals surface area contributed by atoms with Gasteiger partial charge in [-0.1, -0.05) is 51.3 Å². The Kier molecular flexibility index (Phi) is 15.2. The average molecular weight is 658 g/mol. The van der Waals surface area contributed by atoms with Gasteiger partial charge in [-0.15, -0.1) is 0 Å². The monoisotopic (exact) mass is 657 g/mol. The van der Waals surface area contributed by atoms with Gasteiger partial charge in [0.2, 0.25) is 0 Å². The summed E-state index contributed by atoms with van der Waals surface area (Å²) in [5.74, 6) is 0.230. The minimum atomic E-state index is -4.49. The van der Waals surface area contributed by atoms with Crippen LogP contribution in [0.15, 0.2) is 18.2 Å². The van der Waals surface area contributed by atoms with Crippen LogP contribution in [0.2, 0.25) is 5.02 Å². The predicted molar refractivity (Wildman–Crippen MR) is 146 cm³/mol. The first-order chi connectivity index (χ1) is 20.1. The minimum Gasteiger partial charge on any atom is -0.434 e. The van der Waals surface area contributed by atoms with E-state index in [1.165, 1.54) is 16.8 Å². The molecule has 0 atom stereocenters. The number of aromatic nitrogens is 2. The summed E-state index contributed by atoms with van der Waals surface area (Å²) >= 11 is 5.81. The third-order valence-electron chi connectivity index (χ3n) is 7.03. The van der Waals surface area contributed by atoms with Gasteiger partial charge in [-0.05, 0) is 55.7 Å². The molecular weight excluding hydrogens is 625 g/mol. The molecule has 2 aromatic rings. The fourth-order valence-corrected chi connectivity index (χ4v) is 4.92. The lowest BCUT2D eigenvalue weighted by Crippen LogP contribution is -2.34. The zero-order valence-corrected chi connectivity index (χ0v) is 25.5. The third kappa shape index (κ3) is 11.1. The molecule has 1 N–H and O–H groups in total. The molecule has 1 aliphatic rings. The number of ether oxygens (including phenoxy) is 1. The van der Waals surface area contributed by atoms with E-state index in [2.05, 4.69) is 22.1 Å². The molecule has 240 valence electrons. The van der Waals surface area contributed by atoms with Crippen LogP contribution >= 0.6 is 11.6 Å². The van der Waals surface area contributed by atoms with Gasteiger partial charge in [0.05, 0.1) is 16.1 Å². The summed E-state index contributed by atoms with van der Waals surface area (Å²) in [4.78, 5) is 29.2. The number of rotatable bonds is 9. The van der Waals surface area contributed by atoms with Crippen molar-refractivity contribution in [3.05, 3.63) is 34.5 Å². The highest BCUT2D eigenvalue weighted by Crippen LogP contribution is 2.43. The highest BCUT2D eigenvalue weighted by molar-refractivity contribution is 7.51. The molecule has 0 radical (unpaired) electrons. The Labute approximate surface area is 254 Å². The Morgan fingerprint density at radius 2 is 1.74 bits per heavy atom. The minimum absolute atomic E-state index is 0.0425. The van der Waals surface area contributed by atoms with E-state index in [0.29, 0.717) is 18.4 Å². The number of hydrogen-bond donors (Lipinski definition) is 1. The number of benzene rings is 1. The fraction of sp³-hybridized carbons (Fsp3) is 0.593. The Balaban J connectivity index is 0.00000142. The molecule has 0 spiro atoms. The number of amides is 1. The number of nitrogens with zero attached hydrogens (tertiary/aromatic N) is 2. The van der Waals surface area contributed by atoms with Crippen molar-refractivity contribution in [2.75, 3.05) is 6.54 Å². The van der Waals surface area contributed by atoms with Crippen LogP contribution in [0.3, 0.4) is 0 Å². The number of aryl methyl sites for hydroxylation is 1. The van der Waals surface area contributed by atoms with E-state index >= 15 is 0 Å². The maximum absolute atomic E-state index is 13.4. The summed E-state index contributed by atoms with van der Waals surface area (Å²) in [6, 6.07) is 3.94. The van der Waals surface area contributed by atoms with Crippen LogP contribution in [0.4, 0.5) is 22.0 Å². The smallest absolute Gasteiger partial charge is 0.394 e. The second kappa shape index (κ2) is 17.2. The van der Waals surface area contributed by atoms with E-state index in [0.717, 1.165) is 45.6 Å². The second-order valence-corrected chi connectivity index (χ2v) is 11.1. The maximum atomic E-state index is 13.4. The van der Waals surface area contributed by atoms with Gasteiger partial charge in [-0.25, -0.2) is 0 Å². The van der Waals surface area contributed by atoms with Crippen molar-refractivity contribution in [3.63, 3.8) is 0 Å². The third-order valence-corrected chi connectivity index (χ3v) is 7.38. The van der Waals surface area contributed by atoms with Gasteiger partial charge >= 0.3 is 30.5 Å². The molecule has 0 saturated heterocycles. The van der Waals surface area contributed by atoms with Crippen molar-refractivity contribution < 1.29 is 49.5 Å². The molecule has 1 fully saturated rings. The van der Waals surface area contributed by atoms with Crippen LogP contribution in [-0.4, -0.2) is 49.6 Å². The van der Waals surface area contributed by atoms with E-state index in [-0.39, 0.29) is 46.0 Å². The average Bonchev–Trinajstić information content (AvgIpc) is 3.24. The first-order valence-corrected chi connectivity index (χ1v) is 14.2. The number of carbonyl (C=O) groups is 1. The number of carbonyl (C=O) groups excluding carboxylic acids is 3. The van der Waals surface area contributed by atoms with Gasteiger partial charge in [0.25, 0.3) is 5.91 Å². The summed E-state index contributed by atoms with van der Waals surface area (Å²) in [5.41, 5.74) is -1.68. The fourth-order valence-electron chi connectivity index (χ4n) is 4.60. The van der Waals surface area contributed by atoms with Gasteiger partial charge in [0.1, 0.15) is 5.75 Å². The first kappa shape index (κ1) is 37.9. The van der Waals surface area contributed by atoms with E-state index in [4.69, 9.17) is 29.6 Å². The van der Waals surface area contributed by atoms with Crippen molar-refractivity contribution in [1.29, 1.82) is 0 Å². The SMILES string of the molecule is CCn1nc(C(=O)NCC2CCC(C)CC2)c(Cl)c1-c1ccc(CC(C)(C)C(F)(F)F)cc1OC(F)F.O=C=O.O=S=O. The molecule has 1 aromatic heterocycles. The van der Waals surface area contributed by atoms with Crippen molar-refractivity contribution in [1.82, 2.24) is 15.1 Å². The molecule has 1 amide bonds. The van der Waals surface area contributed by atoms with E-state index < -0.39 is 42.1 Å². The Morgan fingerprint density at radius 1 is 1.19 bits per heavy atom. The highest BCUT2D eigenvalue weighted by Gasteiger charge is 2.47. The highest BCUT2D eigenvalue weighted by atomic mass is 35.5. The summed E-state index contributed by atoms with van der Waals surface area (Å²) in [6.45, 7) is 3.56. The standard InChI is InChI=1S/C26H33ClF5N3O2.CO2.O2S/c1-5-35-22(20(27)21(34-35)23(36)33-14-16-8-6-15(2)7-9-16)18-11-10-17(12-19(18)37-24(28)29)13-25(3,4)26(30,31)32;2-1-3;1-3-2/h10-12,15-16,24H,5-9,13-14H2,1-4H3,(H,33,36);;. The molecule has 3 rings (SSSR count). The van der Waals surface area contributed by atoms with Crippen molar-refractivity contribution in [3.8, 4) is 17.0 Å². The molecule has 1 saturated carbocycles. The van der Waals surface area contributed by atoms with Gasteiger partial charge in [0.15, 0.2) is 5.69 Å². The lowest BCUT2D eigenvalue weighted by atomic mass is 9.83. The topological polar surface area (TPSA) is 124 Å². The molecule has 0 aliphatic heterocycles. The van der Waals surface area contributed by atoms with Crippen LogP contribution < -0.4 is 10.1 Å². The van der Waals surface area contributed by atoms with E-state index in [9.17, 15) is 26.7 Å². The first-order valence-electron chi connectivity index (χ1n) is 13.2. The van der Waals surface area contributed by atoms with Crippen LogP contribution in [0.1, 0.15) is 69.4 Å². The number of halogens is 6. The molecule has 0 unspecified atom stereocenters. The molecule has 1 heterocycles. The number of nitrogens with one attached hydrogen (secondary N) is 1. The molecular formula is C27H33ClF5N3O6S. The quantitative estimate of drug-likeness (QED) is 0.316. The van der Waals surface area contributed by atoms with Gasteiger partial charge in [-0.3, -0.25) is 9.48 Å². The van der Waals surface area contributed by atoms with Crippen LogP contribution in [0.25, 0.3) is 11.3 Å². The molecule has 0 bridgehead atoms. The van der Waals surface area contributed by atoms with Gasteiger partial charge < -0.3 is 10.1 Å². The lowest BCUT2D eigenvalue weighted by molar-refractivity contribution is -0.211. The molecule has 16 heteroatoms. The summed E-state index contributed by atoms with van der Waals surface area (Å²) in [5, 5.41) is 7.13. The van der Waals surface area contributed by atoms with Crippen molar-refractivity contribution in [2.24, 2.45) is 17.3 Å². The Hall–Kier alpha value is -3.16. The van der Waals surface area contributed by atoms with E-state index in [1.807, 2.05) is 0 Å². The lowest BCUT2D eigenvalue weighted by Gasteiger charge is -2.28. The van der Waals surface area contributed by atoms with Crippen molar-refractivity contribution in [2.45, 2.75) is 79.1 Å².